The quantitative estimate of drug-likeness (QED) is 0.244. The minimum absolute atomic E-state index is 0.287. The average molecular weight is 461 g/mol. The number of aryl methyl sites for hydroxylation is 1. The number of thiophene rings is 1. The third-order valence-electron chi connectivity index (χ3n) is 5.03. The minimum Gasteiger partial charge on any atom is -0.399 e. The minimum atomic E-state index is -0.287. The third-order valence-corrected chi connectivity index (χ3v) is 6.04. The molecule has 0 saturated carbocycles. The number of nitrogens with zero attached hydrogens (tertiary/aromatic N) is 4. The van der Waals surface area contributed by atoms with Gasteiger partial charge in [-0.1, -0.05) is 18.2 Å². The molecule has 0 bridgehead atoms. The number of nitrogens with two attached hydrogens (primary N) is 2. The van der Waals surface area contributed by atoms with Gasteiger partial charge in [-0.05, 0) is 53.4 Å². The lowest BCUT2D eigenvalue weighted by Crippen LogP contribution is -1.93. The third kappa shape index (κ3) is 4.73. The summed E-state index contributed by atoms with van der Waals surface area (Å²) in [6, 6.07) is 13.0. The molecule has 0 aliphatic rings. The van der Waals surface area contributed by atoms with Crippen molar-refractivity contribution in [3.8, 4) is 22.3 Å². The van der Waals surface area contributed by atoms with Gasteiger partial charge in [0.05, 0.1) is 6.20 Å². The van der Waals surface area contributed by atoms with Gasteiger partial charge in [0.2, 0.25) is 0 Å². The van der Waals surface area contributed by atoms with Crippen LogP contribution >= 0.6 is 11.3 Å². The highest BCUT2D eigenvalue weighted by Crippen LogP contribution is 2.41. The van der Waals surface area contributed by atoms with E-state index in [2.05, 4.69) is 27.6 Å². The van der Waals surface area contributed by atoms with E-state index >= 15 is 0 Å². The first-order valence-corrected chi connectivity index (χ1v) is 11.0. The number of pyridine rings is 1. The van der Waals surface area contributed by atoms with Crippen LogP contribution in [0.1, 0.15) is 6.92 Å². The number of aromatic nitrogens is 3. The number of halogens is 1. The molecule has 33 heavy (non-hydrogen) atoms. The summed E-state index contributed by atoms with van der Waals surface area (Å²) in [7, 11) is 0. The van der Waals surface area contributed by atoms with Crippen LogP contribution < -0.4 is 11.5 Å². The molecule has 0 unspecified atom stereocenters. The Bertz CT molecular complexity index is 1390. The zero-order valence-corrected chi connectivity index (χ0v) is 18.6. The molecule has 9 heteroatoms. The van der Waals surface area contributed by atoms with Crippen molar-refractivity contribution in [1.82, 2.24) is 14.8 Å². The number of nitrogen functional groups attached to an aromatic ring is 2. The summed E-state index contributed by atoms with van der Waals surface area (Å²) in [5, 5.41) is 10.3. The van der Waals surface area contributed by atoms with Crippen LogP contribution in [-0.2, 0) is 6.54 Å². The summed E-state index contributed by atoms with van der Waals surface area (Å²) in [5.74, 6) is 0.209. The number of nitroso groups, excluding NO2 is 1. The van der Waals surface area contributed by atoms with E-state index in [-0.39, 0.29) is 5.82 Å². The number of fused-ring (bicyclic) bond motifs is 1. The topological polar surface area (TPSA) is 112 Å². The van der Waals surface area contributed by atoms with Crippen molar-refractivity contribution in [3.05, 3.63) is 83.2 Å². The van der Waals surface area contributed by atoms with Crippen molar-refractivity contribution in [2.24, 2.45) is 5.18 Å². The summed E-state index contributed by atoms with van der Waals surface area (Å²) < 4.78 is 15.1. The van der Waals surface area contributed by atoms with Gasteiger partial charge in [-0.2, -0.15) is 5.10 Å². The molecule has 0 amide bonds. The normalized spacial score (nSPS) is 10.6. The molecule has 166 valence electrons. The highest BCUT2D eigenvalue weighted by Gasteiger charge is 2.16. The van der Waals surface area contributed by atoms with Crippen LogP contribution in [0.15, 0.2) is 77.7 Å². The Labute approximate surface area is 193 Å². The fourth-order valence-electron chi connectivity index (χ4n) is 3.37. The molecule has 0 fully saturated rings. The molecule has 5 aromatic rings. The highest BCUT2D eigenvalue weighted by molar-refractivity contribution is 7.18. The van der Waals surface area contributed by atoms with Gasteiger partial charge < -0.3 is 11.5 Å². The first-order chi connectivity index (χ1) is 16.0. The molecule has 3 aromatic heterocycles. The molecule has 0 saturated heterocycles. The highest BCUT2D eigenvalue weighted by atomic mass is 32.1. The largest absolute Gasteiger partial charge is 0.399 e. The van der Waals surface area contributed by atoms with Gasteiger partial charge in [-0.3, -0.25) is 4.68 Å². The van der Waals surface area contributed by atoms with Crippen LogP contribution in [0.2, 0.25) is 0 Å². The standard InChI is InChI=1S/C18H15N5OS.C6H6FN/c1-2-23-9-12(7-21-23)14-8-20-18(19)16-15(10-25-17(14)16)11-3-5-13(22-24)6-4-11;7-5-2-1-3-6(8)4-5/h3-10H,2H2,1H3,(H2,19,20);1-4H,8H2. The fourth-order valence-corrected chi connectivity index (χ4v) is 4.49. The number of anilines is 2. The molecular weight excluding hydrogens is 439 g/mol. The van der Waals surface area contributed by atoms with E-state index in [0.29, 0.717) is 17.2 Å². The Morgan fingerprint density at radius 2 is 1.85 bits per heavy atom. The van der Waals surface area contributed by atoms with Crippen molar-refractivity contribution in [2.45, 2.75) is 13.5 Å². The molecule has 0 spiro atoms. The van der Waals surface area contributed by atoms with E-state index in [4.69, 9.17) is 11.5 Å². The van der Waals surface area contributed by atoms with Gasteiger partial charge in [0.25, 0.3) is 0 Å². The number of rotatable bonds is 4. The van der Waals surface area contributed by atoms with Crippen molar-refractivity contribution in [3.63, 3.8) is 0 Å². The van der Waals surface area contributed by atoms with Crippen LogP contribution in [0.5, 0.6) is 0 Å². The molecule has 0 atom stereocenters. The van der Waals surface area contributed by atoms with E-state index in [0.717, 1.165) is 38.9 Å². The first-order valence-electron chi connectivity index (χ1n) is 10.1. The van der Waals surface area contributed by atoms with Crippen molar-refractivity contribution in [1.29, 1.82) is 0 Å². The second kappa shape index (κ2) is 9.58. The molecule has 5 rings (SSSR count). The van der Waals surface area contributed by atoms with Gasteiger partial charge in [0, 0.05) is 51.4 Å². The van der Waals surface area contributed by atoms with Crippen LogP contribution in [0.3, 0.4) is 0 Å². The molecule has 0 radical (unpaired) electrons. The summed E-state index contributed by atoms with van der Waals surface area (Å²) in [6.45, 7) is 2.87. The van der Waals surface area contributed by atoms with E-state index < -0.39 is 0 Å². The Kier molecular flexibility index (Phi) is 6.41. The van der Waals surface area contributed by atoms with Crippen molar-refractivity contribution in [2.75, 3.05) is 11.5 Å². The number of benzene rings is 2. The Balaban J connectivity index is 0.000000275. The Hall–Kier alpha value is -4.11. The van der Waals surface area contributed by atoms with E-state index in [1.807, 2.05) is 29.2 Å². The summed E-state index contributed by atoms with van der Waals surface area (Å²) >= 11 is 1.63. The number of hydrogen-bond donors (Lipinski definition) is 2. The average Bonchev–Trinajstić information content (AvgIpc) is 3.48. The van der Waals surface area contributed by atoms with Crippen LogP contribution in [0, 0.1) is 10.7 Å². The summed E-state index contributed by atoms with van der Waals surface area (Å²) in [4.78, 5) is 15.0. The number of hydrogen-bond acceptors (Lipinski definition) is 7. The SMILES string of the molecule is CCn1cc(-c2cnc(N)c3c(-c4ccc(N=O)cc4)csc23)cn1.Nc1cccc(F)c1. The molecule has 7 nitrogen and oxygen atoms in total. The van der Waals surface area contributed by atoms with E-state index in [9.17, 15) is 9.30 Å². The molecule has 0 aliphatic carbocycles. The maximum Gasteiger partial charge on any atom is 0.132 e. The molecule has 0 aliphatic heterocycles. The van der Waals surface area contributed by atoms with E-state index in [1.165, 1.54) is 12.1 Å². The van der Waals surface area contributed by atoms with Crippen LogP contribution in [-0.4, -0.2) is 14.8 Å². The Morgan fingerprint density at radius 3 is 2.45 bits per heavy atom. The summed E-state index contributed by atoms with van der Waals surface area (Å²) in [5.41, 5.74) is 16.3. The lowest BCUT2D eigenvalue weighted by Gasteiger charge is -2.05. The van der Waals surface area contributed by atoms with Gasteiger partial charge in [0.1, 0.15) is 17.3 Å². The lowest BCUT2D eigenvalue weighted by molar-refractivity contribution is 0.628. The first kappa shape index (κ1) is 22.1. The van der Waals surface area contributed by atoms with Gasteiger partial charge in [-0.25, -0.2) is 9.37 Å². The monoisotopic (exact) mass is 460 g/mol. The second-order valence-corrected chi connectivity index (χ2v) is 8.07. The van der Waals surface area contributed by atoms with Gasteiger partial charge in [0.15, 0.2) is 0 Å². The van der Waals surface area contributed by atoms with E-state index in [1.54, 1.807) is 41.8 Å². The van der Waals surface area contributed by atoms with Gasteiger partial charge in [-0.15, -0.1) is 16.2 Å². The van der Waals surface area contributed by atoms with Crippen LogP contribution in [0.4, 0.5) is 21.6 Å². The zero-order valence-electron chi connectivity index (χ0n) is 17.8. The predicted molar refractivity (Wildman–Crippen MR) is 133 cm³/mol. The smallest absolute Gasteiger partial charge is 0.132 e. The van der Waals surface area contributed by atoms with Gasteiger partial charge >= 0.3 is 0 Å². The van der Waals surface area contributed by atoms with Crippen molar-refractivity contribution >= 4 is 38.6 Å². The zero-order chi connectivity index (χ0) is 23.4. The summed E-state index contributed by atoms with van der Waals surface area (Å²) in [6.07, 6.45) is 5.66. The maximum absolute atomic E-state index is 12.1. The lowest BCUT2D eigenvalue weighted by atomic mass is 10.0. The predicted octanol–water partition coefficient (Wildman–Crippen LogP) is 6.23. The Morgan fingerprint density at radius 1 is 1.06 bits per heavy atom. The van der Waals surface area contributed by atoms with Crippen LogP contribution in [0.25, 0.3) is 32.3 Å². The van der Waals surface area contributed by atoms with Crippen molar-refractivity contribution < 1.29 is 4.39 Å². The second-order valence-electron chi connectivity index (χ2n) is 7.19. The fraction of sp³-hybridized carbons (Fsp3) is 0.0833. The maximum atomic E-state index is 12.1. The molecule has 4 N–H and O–H groups in total. The molecule has 2 aromatic carbocycles. The molecule has 3 heterocycles. The molecular formula is C24H21FN6OS.